The van der Waals surface area contributed by atoms with Crippen molar-refractivity contribution in [3.63, 3.8) is 0 Å². The number of nitrogens with one attached hydrogen (secondary N) is 1. The van der Waals surface area contributed by atoms with Crippen LogP contribution in [-0.2, 0) is 50.6 Å². The molecule has 1 saturated carbocycles. The average Bonchev–Trinajstić information content (AvgIpc) is 3.51. The number of H-pyrrole nitrogens is 1. The fourth-order valence-corrected chi connectivity index (χ4v) is 14.1. The summed E-state index contributed by atoms with van der Waals surface area (Å²) in [4.78, 5) is 50.9. The van der Waals surface area contributed by atoms with E-state index in [9.17, 15) is 19.9 Å². The zero-order chi connectivity index (χ0) is 42.4. The fourth-order valence-electron chi connectivity index (χ4n) is 14.1. The number of aliphatic hydroxyl groups is 1. The Kier molecular flexibility index (Phi) is 8.61. The molecule has 7 heterocycles. The zero-order valence-electron chi connectivity index (χ0n) is 35.5. The number of quaternary nitrogens is 1. The molecule has 2 aromatic carbocycles. The number of hydrogen-bond acceptors (Lipinski definition) is 12. The number of nitrogens with zero attached hydrogens (tertiary/aromatic N) is 3. The zero-order valence-corrected chi connectivity index (χ0v) is 35.5. The van der Waals surface area contributed by atoms with E-state index in [1.807, 2.05) is 61.4 Å². The van der Waals surface area contributed by atoms with E-state index in [2.05, 4.69) is 22.9 Å². The minimum absolute atomic E-state index is 0.207. The second kappa shape index (κ2) is 13.0. The van der Waals surface area contributed by atoms with Crippen molar-refractivity contribution in [1.29, 1.82) is 0 Å². The summed E-state index contributed by atoms with van der Waals surface area (Å²) >= 11 is 0. The summed E-state index contributed by atoms with van der Waals surface area (Å²) in [6.07, 6.45) is 4.93. The lowest BCUT2D eigenvalue weighted by Gasteiger charge is -2.63. The van der Waals surface area contributed by atoms with Crippen LogP contribution < -0.4 is 9.64 Å². The van der Waals surface area contributed by atoms with Gasteiger partial charge in [0.15, 0.2) is 6.10 Å². The number of hydrogen-bond donors (Lipinski definition) is 2. The number of benzene rings is 2. The Morgan fingerprint density at radius 2 is 1.82 bits per heavy atom. The van der Waals surface area contributed by atoms with Crippen molar-refractivity contribution in [2.24, 2.45) is 11.3 Å². The fraction of sp³-hybridized carbons (Fsp3) is 0.587. The average molecular weight is 825 g/mol. The summed E-state index contributed by atoms with van der Waals surface area (Å²) in [5.41, 5.74) is -1.80. The van der Waals surface area contributed by atoms with Crippen molar-refractivity contribution in [1.82, 2.24) is 9.88 Å². The Bertz CT molecular complexity index is 2360. The quantitative estimate of drug-likeness (QED) is 0.0880. The Morgan fingerprint density at radius 1 is 1.05 bits per heavy atom. The summed E-state index contributed by atoms with van der Waals surface area (Å²) in [5, 5.41) is 29.2. The molecular weight excluding hydrogens is 769 g/mol. The van der Waals surface area contributed by atoms with Crippen LogP contribution in [0.3, 0.4) is 0 Å². The molecule has 320 valence electrons. The van der Waals surface area contributed by atoms with E-state index < -0.39 is 62.1 Å². The van der Waals surface area contributed by atoms with Crippen molar-refractivity contribution < 1.29 is 47.8 Å². The van der Waals surface area contributed by atoms with Crippen molar-refractivity contribution in [3.8, 4) is 5.75 Å². The normalized spacial score (nSPS) is 39.5. The third kappa shape index (κ3) is 4.74. The van der Waals surface area contributed by atoms with Gasteiger partial charge in [0.1, 0.15) is 29.4 Å². The number of para-hydroxylation sites is 1. The number of epoxide rings is 1. The first-order chi connectivity index (χ1) is 28.7. The highest BCUT2D eigenvalue weighted by molar-refractivity contribution is 5.95. The van der Waals surface area contributed by atoms with Gasteiger partial charge in [-0.25, -0.2) is 4.79 Å². The number of piperidine rings is 1. The van der Waals surface area contributed by atoms with Gasteiger partial charge in [0.05, 0.1) is 40.5 Å². The summed E-state index contributed by atoms with van der Waals surface area (Å²) < 4.78 is 30.0. The number of aromatic nitrogens is 1. The van der Waals surface area contributed by atoms with Gasteiger partial charge in [-0.2, -0.15) is 0 Å². The molecule has 6 aliphatic heterocycles. The molecule has 3 saturated heterocycles. The predicted octanol–water partition coefficient (Wildman–Crippen LogP) is 4.02. The van der Waals surface area contributed by atoms with E-state index in [0.717, 1.165) is 27.7 Å². The van der Waals surface area contributed by atoms with Crippen molar-refractivity contribution >= 4 is 34.5 Å². The Hall–Kier alpha value is -4.47. The number of likely N-dealkylation sites (N-methyl/N-ethyl adjacent to an activating group) is 1. The molecule has 2 bridgehead atoms. The van der Waals surface area contributed by atoms with Crippen LogP contribution in [-0.4, -0.2) is 134 Å². The van der Waals surface area contributed by atoms with Crippen LogP contribution in [0.2, 0.25) is 0 Å². The third-order valence-corrected chi connectivity index (χ3v) is 16.3. The number of carbonyl (C=O) groups excluding carboxylic acids is 3. The van der Waals surface area contributed by atoms with E-state index in [1.165, 1.54) is 21.1 Å². The van der Waals surface area contributed by atoms with Gasteiger partial charge in [0, 0.05) is 83.6 Å². The van der Waals surface area contributed by atoms with Crippen LogP contribution in [0.15, 0.2) is 48.6 Å². The molecular formula is C46H56N4O10. The maximum atomic E-state index is 15.4. The van der Waals surface area contributed by atoms with E-state index >= 15 is 4.79 Å². The monoisotopic (exact) mass is 824 g/mol. The Morgan fingerprint density at radius 3 is 2.52 bits per heavy atom. The molecule has 1 spiro atoms. The van der Waals surface area contributed by atoms with Gasteiger partial charge in [-0.05, 0) is 55.5 Å². The number of hydroxylamine groups is 3. The molecule has 11 atom stereocenters. The molecule has 1 aliphatic carbocycles. The van der Waals surface area contributed by atoms with Gasteiger partial charge >= 0.3 is 17.9 Å². The summed E-state index contributed by atoms with van der Waals surface area (Å²) in [7, 11) is 6.09. The molecule has 10 rings (SSSR count). The molecule has 3 aromatic rings. The number of methoxy groups -OCH3 is 3. The first-order valence-corrected chi connectivity index (χ1v) is 21.5. The number of fused-ring (bicyclic) bond motifs is 8. The van der Waals surface area contributed by atoms with Crippen LogP contribution in [0.25, 0.3) is 10.9 Å². The maximum Gasteiger partial charge on any atom is 0.344 e. The lowest BCUT2D eigenvalue weighted by molar-refractivity contribution is -0.890. The molecule has 0 radical (unpaired) electrons. The van der Waals surface area contributed by atoms with Crippen LogP contribution in [0, 0.1) is 16.5 Å². The van der Waals surface area contributed by atoms with E-state index in [1.54, 1.807) is 7.11 Å². The molecule has 2 N–H and O–H groups in total. The van der Waals surface area contributed by atoms with Crippen molar-refractivity contribution in [2.75, 3.05) is 66.0 Å². The second-order valence-corrected chi connectivity index (χ2v) is 18.7. The smallest absolute Gasteiger partial charge is 0.344 e. The van der Waals surface area contributed by atoms with Gasteiger partial charge in [0.25, 0.3) is 0 Å². The molecule has 1 unspecified atom stereocenters. The predicted molar refractivity (Wildman–Crippen MR) is 220 cm³/mol. The number of anilines is 1. The highest BCUT2D eigenvalue weighted by atomic mass is 16.6. The highest BCUT2D eigenvalue weighted by Gasteiger charge is 2.80. The SMILES string of the molecule is CC[C@]12C[N+]3([O-])CCc4c([nH]c5ccccc45)[C@@](C(=O)OC)(c4cc5c(cc4OC)N(C)[C@H]4[C@@](O)(C(=O)OC)[C@H](OC(C)=O)[C@]6(CC)C=CCN7CC[C@]54[C@@H]76)C[C@@H](C3)[C@H]1O2. The largest absolute Gasteiger partial charge is 0.633 e. The number of esters is 3. The van der Waals surface area contributed by atoms with Crippen molar-refractivity contribution in [2.45, 2.75) is 99.2 Å². The summed E-state index contributed by atoms with van der Waals surface area (Å²) in [5.74, 6) is -1.88. The van der Waals surface area contributed by atoms with Crippen LogP contribution in [0.4, 0.5) is 5.69 Å². The summed E-state index contributed by atoms with van der Waals surface area (Å²) in [6.45, 7) is 7.64. The maximum absolute atomic E-state index is 15.4. The Balaban J connectivity index is 1.28. The minimum atomic E-state index is -2.32. The standard InChI is InChI=1S/C46H56N4O10/c1-8-42-16-12-18-49-19-17-44(37(42)49)30-21-31(34(56-5)22-33(30)48(4)38(44)46(54,41(53)58-7)39(42)59-26(3)51)45(40(52)57-6)23-27-24-50(55,25-43(9-2)36(27)60-43)20-15-29-28-13-10-11-14-32(28)47-35(29)45/h10-14,16,21-22,27,36-39,47,54H,8-9,15,17-20,23-25H2,1-7H3/t27-,36+,37-,38+,39+,42+,43-,44+,45-,46-,50?/m0/s1. The first-order valence-electron chi connectivity index (χ1n) is 21.5. The molecule has 60 heavy (non-hydrogen) atoms. The molecule has 7 aliphatic rings. The molecule has 4 fully saturated rings. The molecule has 1 aromatic heterocycles. The second-order valence-electron chi connectivity index (χ2n) is 18.7. The molecule has 14 heteroatoms. The number of aromatic amines is 1. The van der Waals surface area contributed by atoms with Gasteiger partial charge in [-0.3, -0.25) is 14.5 Å². The lowest BCUT2D eigenvalue weighted by atomic mass is 9.47. The van der Waals surface area contributed by atoms with Crippen LogP contribution in [0.5, 0.6) is 5.75 Å². The molecule has 0 amide bonds. The number of carbonyl (C=O) groups is 3. The van der Waals surface area contributed by atoms with Gasteiger partial charge in [-0.1, -0.05) is 44.2 Å². The van der Waals surface area contributed by atoms with Crippen LogP contribution >= 0.6 is 0 Å². The first kappa shape index (κ1) is 39.7. The number of rotatable bonds is 7. The van der Waals surface area contributed by atoms with Gasteiger partial charge in [-0.15, -0.1) is 0 Å². The van der Waals surface area contributed by atoms with Gasteiger partial charge in [0.2, 0.25) is 5.60 Å². The van der Waals surface area contributed by atoms with Crippen LogP contribution in [0.1, 0.15) is 68.8 Å². The van der Waals surface area contributed by atoms with Gasteiger partial charge < -0.3 is 48.5 Å². The minimum Gasteiger partial charge on any atom is -0.633 e. The highest BCUT2D eigenvalue weighted by Crippen LogP contribution is 2.68. The topological polar surface area (TPSA) is 166 Å². The third-order valence-electron chi connectivity index (χ3n) is 16.3. The van der Waals surface area contributed by atoms with E-state index in [0.29, 0.717) is 75.4 Å². The van der Waals surface area contributed by atoms with Crippen molar-refractivity contribution in [3.05, 3.63) is 76.1 Å². The summed E-state index contributed by atoms with van der Waals surface area (Å²) in [6, 6.07) is 10.7. The molecule has 14 nitrogen and oxygen atoms in total. The number of ether oxygens (including phenoxy) is 5. The van der Waals surface area contributed by atoms with E-state index in [-0.39, 0.29) is 24.5 Å². The Labute approximate surface area is 349 Å². The van der Waals surface area contributed by atoms with E-state index in [4.69, 9.17) is 23.7 Å². The lowest BCUT2D eigenvalue weighted by Crippen LogP contribution is -2.81.